The van der Waals surface area contributed by atoms with Gasteiger partial charge in [-0.15, -0.1) is 0 Å². The van der Waals surface area contributed by atoms with E-state index in [0.717, 1.165) is 4.90 Å². The Balaban J connectivity index is 1.93. The molecule has 1 saturated heterocycles. The highest BCUT2D eigenvalue weighted by Gasteiger charge is 2.41. The van der Waals surface area contributed by atoms with Crippen LogP contribution in [0.1, 0.15) is 27.2 Å². The highest BCUT2D eigenvalue weighted by atomic mass is 19.1. The van der Waals surface area contributed by atoms with Crippen LogP contribution in [0.15, 0.2) is 24.3 Å². The fourth-order valence-electron chi connectivity index (χ4n) is 2.78. The molecule has 0 radical (unpaired) electrons. The second kappa shape index (κ2) is 9.38. The van der Waals surface area contributed by atoms with Crippen molar-refractivity contribution in [3.05, 3.63) is 30.1 Å². The second-order valence-corrected chi connectivity index (χ2v) is 6.92. The van der Waals surface area contributed by atoms with Gasteiger partial charge < -0.3 is 19.3 Å². The topological polar surface area (TPSA) is 102 Å². The SMILES string of the molecule is CC(C)C(=O)O[C@H](C)OC(=O)N1C[C@@H](COc2cccc(F)c2)C[C@H]1C(=O)O. The lowest BCUT2D eigenvalue weighted by molar-refractivity contribution is -0.170. The Bertz CT molecular complexity index is 724. The molecule has 1 aromatic carbocycles. The summed E-state index contributed by atoms with van der Waals surface area (Å²) in [6.07, 6.45) is -1.86. The summed E-state index contributed by atoms with van der Waals surface area (Å²) >= 11 is 0. The maximum atomic E-state index is 13.2. The highest BCUT2D eigenvalue weighted by Crippen LogP contribution is 2.26. The fraction of sp³-hybridized carbons (Fsp3) is 0.526. The molecule has 1 aliphatic heterocycles. The summed E-state index contributed by atoms with van der Waals surface area (Å²) in [7, 11) is 0. The summed E-state index contributed by atoms with van der Waals surface area (Å²) < 4.78 is 28.7. The van der Waals surface area contributed by atoms with Crippen molar-refractivity contribution in [3.8, 4) is 5.75 Å². The lowest BCUT2D eigenvalue weighted by atomic mass is 10.1. The molecule has 0 aliphatic carbocycles. The molecule has 0 aromatic heterocycles. The van der Waals surface area contributed by atoms with Gasteiger partial charge in [0, 0.05) is 25.5 Å². The molecule has 1 fully saturated rings. The predicted octanol–water partition coefficient (Wildman–Crippen LogP) is 2.66. The Morgan fingerprint density at radius 1 is 1.25 bits per heavy atom. The fourth-order valence-corrected chi connectivity index (χ4v) is 2.78. The summed E-state index contributed by atoms with van der Waals surface area (Å²) in [4.78, 5) is 36.5. The van der Waals surface area contributed by atoms with Crippen LogP contribution in [0.5, 0.6) is 5.75 Å². The van der Waals surface area contributed by atoms with E-state index in [0.29, 0.717) is 5.75 Å². The number of hydrogen-bond donors (Lipinski definition) is 1. The van der Waals surface area contributed by atoms with Crippen LogP contribution in [0.4, 0.5) is 9.18 Å². The number of likely N-dealkylation sites (tertiary alicyclic amines) is 1. The molecule has 1 amide bonds. The summed E-state index contributed by atoms with van der Waals surface area (Å²) in [6.45, 7) is 4.88. The summed E-state index contributed by atoms with van der Waals surface area (Å²) in [5.74, 6) is -2.48. The van der Waals surface area contributed by atoms with Crippen molar-refractivity contribution in [1.29, 1.82) is 0 Å². The zero-order chi connectivity index (χ0) is 20.8. The summed E-state index contributed by atoms with van der Waals surface area (Å²) in [6, 6.07) is 4.52. The molecule has 1 heterocycles. The van der Waals surface area contributed by atoms with Gasteiger partial charge in [-0.25, -0.2) is 14.0 Å². The summed E-state index contributed by atoms with van der Waals surface area (Å²) in [5, 5.41) is 9.40. The van der Waals surface area contributed by atoms with E-state index in [-0.39, 0.29) is 31.4 Å². The van der Waals surface area contributed by atoms with Crippen molar-refractivity contribution < 1.29 is 38.1 Å². The number of benzene rings is 1. The minimum atomic E-state index is -1.17. The lowest BCUT2D eigenvalue weighted by Crippen LogP contribution is -2.42. The number of ether oxygens (including phenoxy) is 3. The van der Waals surface area contributed by atoms with Crippen LogP contribution in [0, 0.1) is 17.7 Å². The van der Waals surface area contributed by atoms with E-state index >= 15 is 0 Å². The number of halogens is 1. The minimum absolute atomic E-state index is 0.0932. The summed E-state index contributed by atoms with van der Waals surface area (Å²) in [5.41, 5.74) is 0. The average Bonchev–Trinajstić information content (AvgIpc) is 3.04. The number of nitrogens with zero attached hydrogens (tertiary/aromatic N) is 1. The van der Waals surface area contributed by atoms with Gasteiger partial charge in [0.2, 0.25) is 6.29 Å². The van der Waals surface area contributed by atoms with Gasteiger partial charge in [-0.05, 0) is 18.6 Å². The third-order valence-electron chi connectivity index (χ3n) is 4.21. The van der Waals surface area contributed by atoms with Gasteiger partial charge in [-0.3, -0.25) is 9.69 Å². The van der Waals surface area contributed by atoms with E-state index in [1.54, 1.807) is 19.9 Å². The van der Waals surface area contributed by atoms with Crippen LogP contribution >= 0.6 is 0 Å². The van der Waals surface area contributed by atoms with Gasteiger partial charge >= 0.3 is 18.0 Å². The molecule has 0 bridgehead atoms. The molecular weight excluding hydrogens is 373 g/mol. The Morgan fingerprint density at radius 2 is 1.96 bits per heavy atom. The van der Waals surface area contributed by atoms with Gasteiger partial charge in [0.15, 0.2) is 0 Å². The van der Waals surface area contributed by atoms with Crippen molar-refractivity contribution >= 4 is 18.0 Å². The number of carboxylic acids is 1. The molecule has 3 atom stereocenters. The van der Waals surface area contributed by atoms with Crippen LogP contribution in [0.2, 0.25) is 0 Å². The van der Waals surface area contributed by atoms with Gasteiger partial charge in [0.25, 0.3) is 0 Å². The zero-order valence-corrected chi connectivity index (χ0v) is 16.0. The molecule has 8 nitrogen and oxygen atoms in total. The second-order valence-electron chi connectivity index (χ2n) is 6.92. The number of carboxylic acid groups (broad SMARTS) is 1. The van der Waals surface area contributed by atoms with Crippen LogP contribution in [-0.4, -0.2) is 53.5 Å². The Labute approximate surface area is 162 Å². The lowest BCUT2D eigenvalue weighted by Gasteiger charge is -2.23. The van der Waals surface area contributed by atoms with Gasteiger partial charge in [0.1, 0.15) is 17.6 Å². The minimum Gasteiger partial charge on any atom is -0.493 e. The van der Waals surface area contributed by atoms with Crippen molar-refractivity contribution in [2.75, 3.05) is 13.2 Å². The van der Waals surface area contributed by atoms with Crippen molar-refractivity contribution in [1.82, 2.24) is 4.90 Å². The quantitative estimate of drug-likeness (QED) is 0.557. The van der Waals surface area contributed by atoms with Gasteiger partial charge in [0.05, 0.1) is 12.5 Å². The molecule has 9 heteroatoms. The maximum Gasteiger partial charge on any atom is 0.413 e. The van der Waals surface area contributed by atoms with E-state index in [2.05, 4.69) is 0 Å². The third kappa shape index (κ3) is 5.83. The number of amides is 1. The first-order chi connectivity index (χ1) is 13.2. The first-order valence-corrected chi connectivity index (χ1v) is 8.96. The van der Waals surface area contributed by atoms with E-state index in [1.807, 2.05) is 0 Å². The normalized spacial score (nSPS) is 20.0. The molecule has 154 valence electrons. The molecule has 1 aromatic rings. The highest BCUT2D eigenvalue weighted by molar-refractivity contribution is 5.81. The number of rotatable bonds is 7. The Hall–Kier alpha value is -2.84. The van der Waals surface area contributed by atoms with E-state index in [9.17, 15) is 23.9 Å². The van der Waals surface area contributed by atoms with Crippen LogP contribution < -0.4 is 4.74 Å². The van der Waals surface area contributed by atoms with Crippen molar-refractivity contribution in [3.63, 3.8) is 0 Å². The molecule has 1 aliphatic rings. The molecule has 0 saturated carbocycles. The first-order valence-electron chi connectivity index (χ1n) is 8.96. The first kappa shape index (κ1) is 21.5. The van der Waals surface area contributed by atoms with Gasteiger partial charge in [-0.2, -0.15) is 0 Å². The van der Waals surface area contributed by atoms with Gasteiger partial charge in [-0.1, -0.05) is 19.9 Å². The zero-order valence-electron chi connectivity index (χ0n) is 16.0. The Kier molecular flexibility index (Phi) is 7.19. The van der Waals surface area contributed by atoms with Crippen molar-refractivity contribution in [2.24, 2.45) is 11.8 Å². The number of esters is 1. The smallest absolute Gasteiger partial charge is 0.413 e. The molecule has 2 rings (SSSR count). The van der Waals surface area contributed by atoms with Crippen LogP contribution in [0.25, 0.3) is 0 Å². The van der Waals surface area contributed by atoms with E-state index in [1.165, 1.54) is 25.1 Å². The molecular formula is C19H24FNO7. The number of carbonyl (C=O) groups excluding carboxylic acids is 2. The van der Waals surface area contributed by atoms with Crippen LogP contribution in [0.3, 0.4) is 0 Å². The van der Waals surface area contributed by atoms with Crippen LogP contribution in [-0.2, 0) is 19.1 Å². The number of hydrogen-bond acceptors (Lipinski definition) is 6. The largest absolute Gasteiger partial charge is 0.493 e. The van der Waals surface area contributed by atoms with E-state index < -0.39 is 36.2 Å². The third-order valence-corrected chi connectivity index (χ3v) is 4.21. The Morgan fingerprint density at radius 3 is 2.57 bits per heavy atom. The average molecular weight is 397 g/mol. The molecule has 1 N–H and O–H groups in total. The molecule has 0 spiro atoms. The maximum absolute atomic E-state index is 13.2. The monoisotopic (exact) mass is 397 g/mol. The standard InChI is InChI=1S/C19H24FNO7/c1-11(2)18(24)27-12(3)28-19(25)21-9-13(7-16(21)17(22)23)10-26-15-6-4-5-14(20)8-15/h4-6,8,11-13,16H,7,9-10H2,1-3H3,(H,22,23)/t12-,13-,16-/m0/s1. The molecule has 28 heavy (non-hydrogen) atoms. The van der Waals surface area contributed by atoms with Crippen molar-refractivity contribution in [2.45, 2.75) is 39.5 Å². The molecule has 0 unspecified atom stereocenters. The predicted molar refractivity (Wildman–Crippen MR) is 95.0 cm³/mol. The van der Waals surface area contributed by atoms with E-state index in [4.69, 9.17) is 14.2 Å². The number of carbonyl (C=O) groups is 3. The number of aliphatic carboxylic acids is 1.